The molecule has 27 heavy (non-hydrogen) atoms. The second-order valence-corrected chi connectivity index (χ2v) is 6.74. The Balaban J connectivity index is 1.38. The molecule has 0 bridgehead atoms. The molecule has 2 N–H and O–H groups in total. The highest BCUT2D eigenvalue weighted by Crippen LogP contribution is 2.34. The Bertz CT molecular complexity index is 1040. The van der Waals surface area contributed by atoms with Crippen LogP contribution in [0.15, 0.2) is 29.5 Å². The highest BCUT2D eigenvalue weighted by Gasteiger charge is 2.45. The molecule has 138 valence electrons. The summed E-state index contributed by atoms with van der Waals surface area (Å²) in [5, 5.41) is 15.3. The zero-order chi connectivity index (χ0) is 18.4. The van der Waals surface area contributed by atoms with E-state index in [4.69, 9.17) is 4.74 Å². The SMILES string of the molecule is O=C(c1c[nH]c(=O)cn1)N1CCC2(C1)Cn1c(nnc1-c1ccn[nH]1)CO2. The Hall–Kier alpha value is -3.34. The summed E-state index contributed by atoms with van der Waals surface area (Å²) in [6, 6.07) is 1.84. The largest absolute Gasteiger partial charge is 0.363 e. The van der Waals surface area contributed by atoms with E-state index in [1.807, 2.05) is 10.6 Å². The minimum atomic E-state index is -0.498. The van der Waals surface area contributed by atoms with Gasteiger partial charge in [-0.15, -0.1) is 10.2 Å². The summed E-state index contributed by atoms with van der Waals surface area (Å²) in [6.07, 6.45) is 4.81. The molecular formula is C16H16N8O3. The van der Waals surface area contributed by atoms with Crippen LogP contribution in [0.1, 0.15) is 22.7 Å². The van der Waals surface area contributed by atoms with Gasteiger partial charge in [0.05, 0.1) is 19.3 Å². The van der Waals surface area contributed by atoms with Crippen LogP contribution in [-0.2, 0) is 17.9 Å². The van der Waals surface area contributed by atoms with E-state index in [1.165, 1.54) is 6.20 Å². The fraction of sp³-hybridized carbons (Fsp3) is 0.375. The number of likely N-dealkylation sites (tertiary alicyclic amines) is 1. The zero-order valence-corrected chi connectivity index (χ0v) is 14.3. The first-order chi connectivity index (χ1) is 13.1. The van der Waals surface area contributed by atoms with Crippen LogP contribution in [0, 0.1) is 0 Å². The molecule has 1 amide bonds. The maximum absolute atomic E-state index is 12.7. The molecule has 1 fully saturated rings. The molecule has 3 aromatic rings. The number of carbonyl (C=O) groups excluding carboxylic acids is 1. The van der Waals surface area contributed by atoms with Crippen molar-refractivity contribution >= 4 is 5.91 Å². The van der Waals surface area contributed by atoms with E-state index in [9.17, 15) is 9.59 Å². The summed E-state index contributed by atoms with van der Waals surface area (Å²) < 4.78 is 8.11. The first-order valence-electron chi connectivity index (χ1n) is 8.53. The summed E-state index contributed by atoms with van der Waals surface area (Å²) in [4.78, 5) is 31.9. The molecule has 2 aliphatic heterocycles. The quantitative estimate of drug-likeness (QED) is 0.626. The lowest BCUT2D eigenvalue weighted by Crippen LogP contribution is -2.45. The van der Waals surface area contributed by atoms with Crippen molar-refractivity contribution in [3.8, 4) is 11.5 Å². The van der Waals surface area contributed by atoms with Crippen LogP contribution < -0.4 is 5.56 Å². The van der Waals surface area contributed by atoms with Gasteiger partial charge in [-0.25, -0.2) is 4.98 Å². The molecular weight excluding hydrogens is 352 g/mol. The molecule has 3 aromatic heterocycles. The highest BCUT2D eigenvalue weighted by atomic mass is 16.5. The Labute approximate surface area is 152 Å². The Morgan fingerprint density at radius 2 is 2.22 bits per heavy atom. The molecule has 0 aromatic carbocycles. The molecule has 2 aliphatic rings. The monoisotopic (exact) mass is 368 g/mol. The van der Waals surface area contributed by atoms with Gasteiger partial charge >= 0.3 is 0 Å². The van der Waals surface area contributed by atoms with Gasteiger partial charge in [0.15, 0.2) is 11.6 Å². The second-order valence-electron chi connectivity index (χ2n) is 6.74. The van der Waals surface area contributed by atoms with Crippen LogP contribution in [0.2, 0.25) is 0 Å². The predicted octanol–water partition coefficient (Wildman–Crippen LogP) is -0.433. The molecule has 11 nitrogen and oxygen atoms in total. The van der Waals surface area contributed by atoms with Crippen molar-refractivity contribution in [2.75, 3.05) is 13.1 Å². The predicted molar refractivity (Wildman–Crippen MR) is 90.5 cm³/mol. The number of H-pyrrole nitrogens is 2. The molecule has 0 aliphatic carbocycles. The second kappa shape index (κ2) is 5.84. The number of aromatic nitrogens is 7. The van der Waals surface area contributed by atoms with Crippen LogP contribution in [0.3, 0.4) is 0 Å². The third-order valence-corrected chi connectivity index (χ3v) is 5.02. The van der Waals surface area contributed by atoms with E-state index in [2.05, 4.69) is 30.4 Å². The van der Waals surface area contributed by atoms with Crippen molar-refractivity contribution in [1.29, 1.82) is 0 Å². The maximum atomic E-state index is 12.7. The normalized spacial score (nSPS) is 21.6. The van der Waals surface area contributed by atoms with E-state index in [0.29, 0.717) is 38.5 Å². The fourth-order valence-corrected chi connectivity index (χ4v) is 3.63. The minimum Gasteiger partial charge on any atom is -0.363 e. The maximum Gasteiger partial charge on any atom is 0.274 e. The van der Waals surface area contributed by atoms with Crippen molar-refractivity contribution in [3.05, 3.63) is 46.5 Å². The lowest BCUT2D eigenvalue weighted by molar-refractivity contribution is -0.0805. The first kappa shape index (κ1) is 15.9. The lowest BCUT2D eigenvalue weighted by Gasteiger charge is -2.34. The molecule has 0 saturated carbocycles. The smallest absolute Gasteiger partial charge is 0.274 e. The van der Waals surface area contributed by atoms with Crippen molar-refractivity contribution in [1.82, 2.24) is 39.8 Å². The number of amides is 1. The first-order valence-corrected chi connectivity index (χ1v) is 8.53. The van der Waals surface area contributed by atoms with Gasteiger partial charge in [-0.1, -0.05) is 0 Å². The van der Waals surface area contributed by atoms with Crippen LogP contribution in [0.5, 0.6) is 0 Å². The van der Waals surface area contributed by atoms with Gasteiger partial charge in [-0.3, -0.25) is 14.7 Å². The van der Waals surface area contributed by atoms with Crippen molar-refractivity contribution in [3.63, 3.8) is 0 Å². The van der Waals surface area contributed by atoms with E-state index in [1.54, 1.807) is 11.1 Å². The number of rotatable bonds is 2. The van der Waals surface area contributed by atoms with E-state index < -0.39 is 5.60 Å². The number of nitrogens with zero attached hydrogens (tertiary/aromatic N) is 6. The van der Waals surface area contributed by atoms with E-state index in [0.717, 1.165) is 17.7 Å². The molecule has 5 heterocycles. The van der Waals surface area contributed by atoms with Crippen LogP contribution in [-0.4, -0.2) is 64.4 Å². The van der Waals surface area contributed by atoms with Gasteiger partial charge in [0.2, 0.25) is 0 Å². The average Bonchev–Trinajstić information content (AvgIpc) is 3.41. The topological polar surface area (TPSA) is 135 Å². The van der Waals surface area contributed by atoms with Gasteiger partial charge in [-0.2, -0.15) is 5.10 Å². The highest BCUT2D eigenvalue weighted by molar-refractivity contribution is 5.92. The number of hydrogen-bond acceptors (Lipinski definition) is 7. The number of fused-ring (bicyclic) bond motifs is 1. The van der Waals surface area contributed by atoms with Crippen LogP contribution in [0.4, 0.5) is 0 Å². The van der Waals surface area contributed by atoms with Gasteiger partial charge in [0.1, 0.15) is 23.6 Å². The van der Waals surface area contributed by atoms with Gasteiger partial charge in [-0.05, 0) is 12.5 Å². The van der Waals surface area contributed by atoms with Crippen molar-refractivity contribution in [2.24, 2.45) is 0 Å². The molecule has 1 unspecified atom stereocenters. The van der Waals surface area contributed by atoms with Crippen molar-refractivity contribution in [2.45, 2.75) is 25.2 Å². The Morgan fingerprint density at radius 3 is 3.00 bits per heavy atom. The molecule has 1 atom stereocenters. The molecule has 1 saturated heterocycles. The number of carbonyl (C=O) groups is 1. The minimum absolute atomic E-state index is 0.214. The number of ether oxygens (including phenoxy) is 1. The van der Waals surface area contributed by atoms with E-state index in [-0.39, 0.29) is 17.2 Å². The van der Waals surface area contributed by atoms with Gasteiger partial charge in [0.25, 0.3) is 11.5 Å². The summed E-state index contributed by atoms with van der Waals surface area (Å²) in [7, 11) is 0. The molecule has 5 rings (SSSR count). The number of aromatic amines is 2. The van der Waals surface area contributed by atoms with Gasteiger partial charge < -0.3 is 19.2 Å². The zero-order valence-electron chi connectivity index (χ0n) is 14.3. The van der Waals surface area contributed by atoms with Crippen LogP contribution >= 0.6 is 0 Å². The third kappa shape index (κ3) is 2.63. The number of hydrogen-bond donors (Lipinski definition) is 2. The molecule has 0 radical (unpaired) electrons. The summed E-state index contributed by atoms with van der Waals surface area (Å²) in [5.74, 6) is 1.23. The lowest BCUT2D eigenvalue weighted by atomic mass is 10.0. The molecule has 11 heteroatoms. The summed E-state index contributed by atoms with van der Waals surface area (Å²) in [5.41, 5.74) is 0.161. The van der Waals surface area contributed by atoms with Crippen LogP contribution in [0.25, 0.3) is 11.5 Å². The Kier molecular flexibility index (Phi) is 3.44. The van der Waals surface area contributed by atoms with Gasteiger partial charge in [0, 0.05) is 18.9 Å². The Morgan fingerprint density at radius 1 is 1.30 bits per heavy atom. The third-order valence-electron chi connectivity index (χ3n) is 5.02. The summed E-state index contributed by atoms with van der Waals surface area (Å²) in [6.45, 7) is 1.87. The summed E-state index contributed by atoms with van der Waals surface area (Å²) >= 11 is 0. The van der Waals surface area contributed by atoms with E-state index >= 15 is 0 Å². The fourth-order valence-electron chi connectivity index (χ4n) is 3.63. The standard InChI is InChI=1S/C16H16N8O3/c25-13-6-17-11(5-18-13)15(26)23-4-2-16(8-23)9-24-12(7-27-16)21-22-14(24)10-1-3-19-20-10/h1,3,5-6H,2,4,7-9H2,(H,18,25)(H,19,20). The average molecular weight is 368 g/mol. The van der Waals surface area contributed by atoms with Crippen molar-refractivity contribution < 1.29 is 9.53 Å². The number of nitrogens with one attached hydrogen (secondary N) is 2. The molecule has 1 spiro atoms.